The fourth-order valence-corrected chi connectivity index (χ4v) is 0.872. The summed E-state index contributed by atoms with van der Waals surface area (Å²) in [6.45, 7) is 4.05. The van der Waals surface area contributed by atoms with Crippen LogP contribution in [-0.2, 0) is 6.54 Å². The van der Waals surface area contributed by atoms with Gasteiger partial charge in [-0.1, -0.05) is 42.0 Å². The summed E-state index contributed by atoms with van der Waals surface area (Å²) in [7, 11) is 0. The van der Waals surface area contributed by atoms with Gasteiger partial charge < -0.3 is 0 Å². The molecule has 0 bridgehead atoms. The van der Waals surface area contributed by atoms with Crippen molar-refractivity contribution < 1.29 is 0 Å². The van der Waals surface area contributed by atoms with Gasteiger partial charge in [0.05, 0.1) is 6.54 Å². The summed E-state index contributed by atoms with van der Waals surface area (Å²) < 4.78 is 0. The lowest BCUT2D eigenvalue weighted by Crippen LogP contribution is -1.79. The highest BCUT2D eigenvalue weighted by atomic mass is 15.1. The lowest BCUT2D eigenvalue weighted by atomic mass is 10.1. The fourth-order valence-electron chi connectivity index (χ4n) is 0.872. The van der Waals surface area contributed by atoms with E-state index in [0.717, 1.165) is 11.1 Å². The lowest BCUT2D eigenvalue weighted by molar-refractivity contribution is 1.05. The van der Waals surface area contributed by atoms with Crippen molar-refractivity contribution in [3.63, 3.8) is 0 Å². The number of rotatable bonds is 3. The largest absolute Gasteiger partial charge is 0.0985 e. The summed E-state index contributed by atoms with van der Waals surface area (Å²) in [5.74, 6) is 0. The fraction of sp³-hybridized carbons (Fsp3) is 0.111. The van der Waals surface area contributed by atoms with Crippen molar-refractivity contribution in [2.24, 2.45) is 5.11 Å². The molecule has 0 spiro atoms. The highest BCUT2D eigenvalue weighted by Gasteiger charge is 1.88. The zero-order valence-corrected chi connectivity index (χ0v) is 6.64. The normalized spacial score (nSPS) is 8.67. The average molecular weight is 159 g/mol. The Kier molecular flexibility index (Phi) is 2.94. The second-order valence-electron chi connectivity index (χ2n) is 2.33. The van der Waals surface area contributed by atoms with E-state index in [1.165, 1.54) is 0 Å². The molecule has 1 aromatic carbocycles. The standard InChI is InChI=1S/C9H9N3/c1-2-8-3-5-9(6-4-8)7-11-12-10/h2-6H,1,7H2. The first-order chi connectivity index (χ1) is 5.86. The minimum absolute atomic E-state index is 0.411. The van der Waals surface area contributed by atoms with Crippen molar-refractivity contribution in [3.8, 4) is 0 Å². The number of hydrogen-bond acceptors (Lipinski definition) is 1. The smallest absolute Gasteiger partial charge is 0.0510 e. The molecule has 60 valence electrons. The second-order valence-corrected chi connectivity index (χ2v) is 2.33. The van der Waals surface area contributed by atoms with Crippen molar-refractivity contribution >= 4 is 6.08 Å². The van der Waals surface area contributed by atoms with Gasteiger partial charge in [-0.2, -0.15) is 0 Å². The molecule has 0 saturated heterocycles. The first kappa shape index (κ1) is 8.37. The maximum absolute atomic E-state index is 8.07. The summed E-state index contributed by atoms with van der Waals surface area (Å²) in [6.07, 6.45) is 1.78. The molecule has 12 heavy (non-hydrogen) atoms. The number of benzene rings is 1. The molecule has 0 N–H and O–H groups in total. The van der Waals surface area contributed by atoms with E-state index >= 15 is 0 Å². The Labute approximate surface area is 71.0 Å². The molecule has 1 rings (SSSR count). The van der Waals surface area contributed by atoms with Crippen molar-refractivity contribution in [3.05, 3.63) is 52.4 Å². The predicted molar refractivity (Wildman–Crippen MR) is 49.4 cm³/mol. The molecule has 0 fully saturated rings. The molecule has 0 aliphatic carbocycles. The predicted octanol–water partition coefficient (Wildman–Crippen LogP) is 3.14. The van der Waals surface area contributed by atoms with Gasteiger partial charge in [-0.05, 0) is 16.7 Å². The lowest BCUT2D eigenvalue weighted by Gasteiger charge is -1.95. The van der Waals surface area contributed by atoms with E-state index < -0.39 is 0 Å². The van der Waals surface area contributed by atoms with Gasteiger partial charge in [-0.3, -0.25) is 0 Å². The Morgan fingerprint density at radius 3 is 2.58 bits per heavy atom. The van der Waals surface area contributed by atoms with Gasteiger partial charge >= 0.3 is 0 Å². The topological polar surface area (TPSA) is 48.8 Å². The maximum Gasteiger partial charge on any atom is 0.0510 e. The van der Waals surface area contributed by atoms with Crippen LogP contribution in [0.5, 0.6) is 0 Å². The van der Waals surface area contributed by atoms with E-state index in [0.29, 0.717) is 6.54 Å². The van der Waals surface area contributed by atoms with Crippen LogP contribution >= 0.6 is 0 Å². The van der Waals surface area contributed by atoms with Crippen LogP contribution in [-0.4, -0.2) is 0 Å². The minimum Gasteiger partial charge on any atom is -0.0985 e. The highest BCUT2D eigenvalue weighted by molar-refractivity contribution is 5.47. The molecule has 0 heterocycles. The molecule has 0 atom stereocenters. The van der Waals surface area contributed by atoms with Crippen molar-refractivity contribution in [1.29, 1.82) is 0 Å². The molecule has 1 aromatic rings. The Bertz CT molecular complexity index is 307. The Balaban J connectivity index is 2.77. The van der Waals surface area contributed by atoms with E-state index in [1.54, 1.807) is 6.08 Å². The van der Waals surface area contributed by atoms with Gasteiger partial charge in [0.2, 0.25) is 0 Å². The van der Waals surface area contributed by atoms with Crippen molar-refractivity contribution in [2.75, 3.05) is 0 Å². The number of nitrogens with zero attached hydrogens (tertiary/aromatic N) is 3. The number of azide groups is 1. The van der Waals surface area contributed by atoms with Gasteiger partial charge in [0.1, 0.15) is 0 Å². The third-order valence-corrected chi connectivity index (χ3v) is 1.53. The summed E-state index contributed by atoms with van der Waals surface area (Å²) in [5.41, 5.74) is 10.2. The summed E-state index contributed by atoms with van der Waals surface area (Å²) in [6, 6.07) is 7.72. The average Bonchev–Trinajstić information content (AvgIpc) is 2.15. The molecule has 0 amide bonds. The van der Waals surface area contributed by atoms with E-state index in [1.807, 2.05) is 24.3 Å². The van der Waals surface area contributed by atoms with Crippen LogP contribution in [0, 0.1) is 0 Å². The van der Waals surface area contributed by atoms with Gasteiger partial charge in [-0.25, -0.2) is 0 Å². The monoisotopic (exact) mass is 159 g/mol. The second kappa shape index (κ2) is 4.21. The first-order valence-corrected chi connectivity index (χ1v) is 3.59. The van der Waals surface area contributed by atoms with Crippen LogP contribution in [0.15, 0.2) is 36.0 Å². The van der Waals surface area contributed by atoms with Crippen LogP contribution in [0.2, 0.25) is 0 Å². The first-order valence-electron chi connectivity index (χ1n) is 3.59. The molecule has 3 heteroatoms. The summed E-state index contributed by atoms with van der Waals surface area (Å²) in [5, 5.41) is 3.45. The molecular weight excluding hydrogens is 150 g/mol. The summed E-state index contributed by atoms with van der Waals surface area (Å²) in [4.78, 5) is 2.68. The molecule has 0 unspecified atom stereocenters. The quantitative estimate of drug-likeness (QED) is 0.369. The third kappa shape index (κ3) is 2.15. The van der Waals surface area contributed by atoms with E-state index in [4.69, 9.17) is 5.53 Å². The van der Waals surface area contributed by atoms with Gasteiger partial charge in [-0.15, -0.1) is 0 Å². The molecule has 0 radical (unpaired) electrons. The molecule has 0 aliphatic rings. The zero-order chi connectivity index (χ0) is 8.81. The van der Waals surface area contributed by atoms with Gasteiger partial charge in [0, 0.05) is 4.91 Å². The van der Waals surface area contributed by atoms with Crippen LogP contribution < -0.4 is 0 Å². The third-order valence-electron chi connectivity index (χ3n) is 1.53. The Morgan fingerprint density at radius 1 is 1.42 bits per heavy atom. The highest BCUT2D eigenvalue weighted by Crippen LogP contribution is 2.06. The molecule has 3 nitrogen and oxygen atoms in total. The molecule has 0 aliphatic heterocycles. The van der Waals surface area contributed by atoms with Crippen molar-refractivity contribution in [1.82, 2.24) is 0 Å². The molecule has 0 aromatic heterocycles. The summed E-state index contributed by atoms with van der Waals surface area (Å²) >= 11 is 0. The molecule has 0 saturated carbocycles. The minimum atomic E-state index is 0.411. The number of hydrogen-bond donors (Lipinski definition) is 0. The van der Waals surface area contributed by atoms with Gasteiger partial charge in [0.15, 0.2) is 0 Å². The molecular formula is C9H9N3. The Morgan fingerprint density at radius 2 is 2.08 bits per heavy atom. The van der Waals surface area contributed by atoms with E-state index in [-0.39, 0.29) is 0 Å². The van der Waals surface area contributed by atoms with E-state index in [2.05, 4.69) is 16.6 Å². The van der Waals surface area contributed by atoms with Crippen LogP contribution in [0.25, 0.3) is 16.5 Å². The Hall–Kier alpha value is -1.73. The van der Waals surface area contributed by atoms with Crippen LogP contribution in [0.3, 0.4) is 0 Å². The van der Waals surface area contributed by atoms with Crippen molar-refractivity contribution in [2.45, 2.75) is 6.54 Å². The SMILES string of the molecule is C=Cc1ccc(CN=[N+]=[N-])cc1. The van der Waals surface area contributed by atoms with Crippen LogP contribution in [0.1, 0.15) is 11.1 Å². The maximum atomic E-state index is 8.07. The van der Waals surface area contributed by atoms with Gasteiger partial charge in [0.25, 0.3) is 0 Å². The van der Waals surface area contributed by atoms with E-state index in [9.17, 15) is 0 Å². The zero-order valence-electron chi connectivity index (χ0n) is 6.64. The van der Waals surface area contributed by atoms with Crippen LogP contribution in [0.4, 0.5) is 0 Å².